The second-order valence-electron chi connectivity index (χ2n) is 4.78. The molecule has 1 atom stereocenters. The van der Waals surface area contributed by atoms with Crippen molar-refractivity contribution in [1.82, 2.24) is 0 Å². The van der Waals surface area contributed by atoms with E-state index in [2.05, 4.69) is 0 Å². The van der Waals surface area contributed by atoms with E-state index in [0.29, 0.717) is 17.1 Å². The topological polar surface area (TPSA) is 62.5 Å². The summed E-state index contributed by atoms with van der Waals surface area (Å²) in [5.74, 6) is 1.10. The van der Waals surface area contributed by atoms with E-state index in [0.717, 1.165) is 0 Å². The van der Waals surface area contributed by atoms with Gasteiger partial charge in [-0.15, -0.1) is 0 Å². The predicted octanol–water partition coefficient (Wildman–Crippen LogP) is 2.35. The smallest absolute Gasteiger partial charge is 0.162 e. The lowest BCUT2D eigenvalue weighted by molar-refractivity contribution is -0.0271. The van der Waals surface area contributed by atoms with Crippen LogP contribution in [0.1, 0.15) is 26.3 Å². The highest BCUT2D eigenvalue weighted by Crippen LogP contribution is 2.29. The highest BCUT2D eigenvalue weighted by molar-refractivity contribution is 5.46. The minimum Gasteiger partial charge on any atom is -0.493 e. The van der Waals surface area contributed by atoms with Crippen molar-refractivity contribution >= 4 is 0 Å². The first-order valence-corrected chi connectivity index (χ1v) is 5.84. The van der Waals surface area contributed by atoms with E-state index in [1.165, 1.54) is 7.11 Å². The third-order valence-electron chi connectivity index (χ3n) is 3.06. The van der Waals surface area contributed by atoms with Gasteiger partial charge in [0.15, 0.2) is 11.5 Å². The Kier molecular flexibility index (Phi) is 4.57. The molecular formula is C14H19NO3. The van der Waals surface area contributed by atoms with E-state index in [-0.39, 0.29) is 12.5 Å². The predicted molar refractivity (Wildman–Crippen MR) is 68.7 cm³/mol. The van der Waals surface area contributed by atoms with Crippen LogP contribution in [0.3, 0.4) is 0 Å². The number of aliphatic hydroxyl groups is 1. The van der Waals surface area contributed by atoms with Crippen LogP contribution < -0.4 is 9.47 Å². The molecule has 1 aromatic rings. The van der Waals surface area contributed by atoms with E-state index >= 15 is 0 Å². The van der Waals surface area contributed by atoms with Crippen molar-refractivity contribution < 1.29 is 14.6 Å². The van der Waals surface area contributed by atoms with Crippen LogP contribution in [0.2, 0.25) is 0 Å². The molecule has 0 saturated heterocycles. The number of hydrogen-bond donors (Lipinski definition) is 1. The largest absolute Gasteiger partial charge is 0.493 e. The van der Waals surface area contributed by atoms with E-state index in [4.69, 9.17) is 14.7 Å². The molecule has 0 aliphatic heterocycles. The Morgan fingerprint density at radius 2 is 2.06 bits per heavy atom. The summed E-state index contributed by atoms with van der Waals surface area (Å²) < 4.78 is 10.7. The Hall–Kier alpha value is -1.73. The van der Waals surface area contributed by atoms with Gasteiger partial charge >= 0.3 is 0 Å². The highest BCUT2D eigenvalue weighted by atomic mass is 16.5. The van der Waals surface area contributed by atoms with Crippen molar-refractivity contribution in [1.29, 1.82) is 5.26 Å². The maximum Gasteiger partial charge on any atom is 0.162 e. The average molecular weight is 249 g/mol. The van der Waals surface area contributed by atoms with E-state index in [1.807, 2.05) is 19.9 Å². The quantitative estimate of drug-likeness (QED) is 0.870. The molecule has 1 unspecified atom stereocenters. The molecule has 0 aliphatic rings. The van der Waals surface area contributed by atoms with Gasteiger partial charge in [0, 0.05) is 6.07 Å². The van der Waals surface area contributed by atoms with E-state index in [9.17, 15) is 5.11 Å². The van der Waals surface area contributed by atoms with Crippen LogP contribution in [0, 0.1) is 17.2 Å². The van der Waals surface area contributed by atoms with Gasteiger partial charge in [-0.2, -0.15) is 5.26 Å². The molecule has 1 aromatic carbocycles. The third-order valence-corrected chi connectivity index (χ3v) is 3.06. The number of hydrogen-bond acceptors (Lipinski definition) is 4. The van der Waals surface area contributed by atoms with Crippen LogP contribution in [0.15, 0.2) is 18.2 Å². The molecule has 4 nitrogen and oxygen atoms in total. The summed E-state index contributed by atoms with van der Waals surface area (Å²) >= 11 is 0. The molecule has 0 fully saturated rings. The number of methoxy groups -OCH3 is 1. The Morgan fingerprint density at radius 1 is 1.39 bits per heavy atom. The fourth-order valence-corrected chi connectivity index (χ4v) is 1.25. The van der Waals surface area contributed by atoms with Gasteiger partial charge in [-0.3, -0.25) is 0 Å². The summed E-state index contributed by atoms with van der Waals surface area (Å²) in [6.45, 7) is 5.76. The summed E-state index contributed by atoms with van der Waals surface area (Å²) in [6, 6.07) is 6.97. The molecule has 4 heteroatoms. The number of benzene rings is 1. The number of rotatable bonds is 5. The Morgan fingerprint density at radius 3 is 2.56 bits per heavy atom. The summed E-state index contributed by atoms with van der Waals surface area (Å²) in [4.78, 5) is 0. The van der Waals surface area contributed by atoms with Crippen molar-refractivity contribution in [3.63, 3.8) is 0 Å². The summed E-state index contributed by atoms with van der Waals surface area (Å²) in [5.41, 5.74) is -0.395. The Labute approximate surface area is 108 Å². The first kappa shape index (κ1) is 14.3. The lowest BCUT2D eigenvalue weighted by Gasteiger charge is -2.27. The van der Waals surface area contributed by atoms with Gasteiger partial charge < -0.3 is 14.6 Å². The number of nitrogens with zero attached hydrogens (tertiary/aromatic N) is 1. The van der Waals surface area contributed by atoms with Crippen molar-refractivity contribution in [3.05, 3.63) is 23.8 Å². The molecule has 0 aliphatic carbocycles. The Bertz CT molecular complexity index is 447. The maximum absolute atomic E-state index is 10.1. The lowest BCUT2D eigenvalue weighted by atomic mass is 9.94. The van der Waals surface area contributed by atoms with Crippen LogP contribution in [-0.4, -0.2) is 24.4 Å². The standard InChI is InChI=1S/C14H19NO3/c1-10(2)14(3,16)9-18-12-6-5-11(8-15)7-13(12)17-4/h5-7,10,16H,9H2,1-4H3. The Balaban J connectivity index is 2.83. The summed E-state index contributed by atoms with van der Waals surface area (Å²) in [6.07, 6.45) is 0. The zero-order valence-electron chi connectivity index (χ0n) is 11.2. The normalized spacial score (nSPS) is 13.8. The minimum atomic E-state index is -0.904. The van der Waals surface area contributed by atoms with Gasteiger partial charge in [-0.25, -0.2) is 0 Å². The molecular weight excluding hydrogens is 230 g/mol. The van der Waals surface area contributed by atoms with Crippen molar-refractivity contribution in [2.45, 2.75) is 26.4 Å². The maximum atomic E-state index is 10.1. The molecule has 1 N–H and O–H groups in total. The minimum absolute atomic E-state index is 0.0851. The molecule has 18 heavy (non-hydrogen) atoms. The number of ether oxygens (including phenoxy) is 2. The first-order valence-electron chi connectivity index (χ1n) is 5.84. The molecule has 1 rings (SSSR count). The first-order chi connectivity index (χ1) is 8.40. The van der Waals surface area contributed by atoms with Crippen molar-refractivity contribution in [3.8, 4) is 17.6 Å². The van der Waals surface area contributed by atoms with Gasteiger partial charge in [0.25, 0.3) is 0 Å². The zero-order valence-corrected chi connectivity index (χ0v) is 11.2. The van der Waals surface area contributed by atoms with Gasteiger partial charge in [0.1, 0.15) is 6.61 Å². The fraction of sp³-hybridized carbons (Fsp3) is 0.500. The SMILES string of the molecule is COc1cc(C#N)ccc1OCC(C)(O)C(C)C. The second-order valence-corrected chi connectivity index (χ2v) is 4.78. The molecule has 98 valence electrons. The van der Waals surface area contributed by atoms with E-state index in [1.54, 1.807) is 25.1 Å². The summed E-state index contributed by atoms with van der Waals surface area (Å²) in [5, 5.41) is 18.9. The molecule has 0 amide bonds. The fourth-order valence-electron chi connectivity index (χ4n) is 1.25. The third kappa shape index (κ3) is 3.38. The van der Waals surface area contributed by atoms with Crippen LogP contribution in [0.25, 0.3) is 0 Å². The average Bonchev–Trinajstić information content (AvgIpc) is 2.35. The second kappa shape index (κ2) is 5.74. The molecule has 0 radical (unpaired) electrons. The molecule has 0 bridgehead atoms. The zero-order chi connectivity index (χ0) is 13.8. The van der Waals surface area contributed by atoms with Gasteiger partial charge in [-0.1, -0.05) is 13.8 Å². The van der Waals surface area contributed by atoms with Gasteiger partial charge in [-0.05, 0) is 25.0 Å². The monoisotopic (exact) mass is 249 g/mol. The van der Waals surface area contributed by atoms with Crippen LogP contribution in [-0.2, 0) is 0 Å². The summed E-state index contributed by atoms with van der Waals surface area (Å²) in [7, 11) is 1.52. The van der Waals surface area contributed by atoms with Crippen LogP contribution in [0.5, 0.6) is 11.5 Å². The van der Waals surface area contributed by atoms with Crippen molar-refractivity contribution in [2.75, 3.05) is 13.7 Å². The number of nitriles is 1. The molecule has 0 aromatic heterocycles. The van der Waals surface area contributed by atoms with E-state index < -0.39 is 5.60 Å². The highest BCUT2D eigenvalue weighted by Gasteiger charge is 2.26. The van der Waals surface area contributed by atoms with Crippen LogP contribution >= 0.6 is 0 Å². The lowest BCUT2D eigenvalue weighted by Crippen LogP contribution is -2.37. The van der Waals surface area contributed by atoms with Gasteiger partial charge in [0.2, 0.25) is 0 Å². The van der Waals surface area contributed by atoms with Gasteiger partial charge in [0.05, 0.1) is 24.3 Å². The molecule has 0 heterocycles. The molecule has 0 spiro atoms. The molecule has 0 saturated carbocycles. The van der Waals surface area contributed by atoms with Crippen LogP contribution in [0.4, 0.5) is 0 Å². The van der Waals surface area contributed by atoms with Crippen molar-refractivity contribution in [2.24, 2.45) is 5.92 Å².